The Morgan fingerprint density at radius 3 is 2.83 bits per heavy atom. The Morgan fingerprint density at radius 1 is 1.00 bits per heavy atom. The molecule has 3 rings (SSSR count). The first-order valence-corrected chi connectivity index (χ1v) is 4.66. The molecule has 0 unspecified atom stereocenters. The molecule has 0 N–H and O–H groups in total. The number of hydrogen-bond donors (Lipinski definition) is 0. The van der Waals surface area contributed by atoms with Gasteiger partial charge in [0.2, 0.25) is 0 Å². The Bertz CT molecular complexity index is 491. The second-order valence-corrected chi connectivity index (χ2v) is 3.31. The Balaban J connectivity index is 2.71. The summed E-state index contributed by atoms with van der Waals surface area (Å²) in [5.41, 5.74) is 3.27. The van der Waals surface area contributed by atoms with Gasteiger partial charge in [-0.15, -0.1) is 0 Å². The highest BCUT2D eigenvalue weighted by molar-refractivity contribution is 7.01. The molecule has 0 aliphatic carbocycles. The molecule has 4 nitrogen and oxygen atoms in total. The quantitative estimate of drug-likeness (QED) is 0.543. The van der Waals surface area contributed by atoms with Crippen molar-refractivity contribution in [3.63, 3.8) is 0 Å². The van der Waals surface area contributed by atoms with Gasteiger partial charge in [0.1, 0.15) is 22.1 Å². The van der Waals surface area contributed by atoms with Crippen molar-refractivity contribution in [1.29, 1.82) is 0 Å². The SMILES string of the molecule is [c]1cc2nsnc2c2nsnc12. The summed E-state index contributed by atoms with van der Waals surface area (Å²) in [5, 5.41) is 0. The van der Waals surface area contributed by atoms with Crippen LogP contribution in [0.4, 0.5) is 0 Å². The van der Waals surface area contributed by atoms with E-state index in [1.54, 1.807) is 6.07 Å². The van der Waals surface area contributed by atoms with Crippen LogP contribution in [0.2, 0.25) is 0 Å². The Kier molecular flexibility index (Phi) is 1.16. The van der Waals surface area contributed by atoms with Crippen LogP contribution >= 0.6 is 23.5 Å². The van der Waals surface area contributed by atoms with Crippen LogP contribution in [0, 0.1) is 6.07 Å². The summed E-state index contributed by atoms with van der Waals surface area (Å²) < 4.78 is 16.4. The van der Waals surface area contributed by atoms with E-state index in [9.17, 15) is 0 Å². The van der Waals surface area contributed by atoms with E-state index in [2.05, 4.69) is 23.6 Å². The third-order valence-electron chi connectivity index (χ3n) is 1.57. The lowest BCUT2D eigenvalue weighted by Gasteiger charge is -1.83. The third-order valence-corrected chi connectivity index (χ3v) is 2.64. The molecule has 0 fully saturated rings. The van der Waals surface area contributed by atoms with Crippen molar-refractivity contribution in [2.24, 2.45) is 0 Å². The normalized spacial score (nSPS) is 11.3. The van der Waals surface area contributed by atoms with E-state index in [0.29, 0.717) is 0 Å². The molecule has 57 valence electrons. The maximum atomic E-state index is 4.13. The molecule has 0 bridgehead atoms. The van der Waals surface area contributed by atoms with Crippen molar-refractivity contribution in [1.82, 2.24) is 17.5 Å². The van der Waals surface area contributed by atoms with E-state index in [1.807, 2.05) is 0 Å². The van der Waals surface area contributed by atoms with Crippen LogP contribution in [0.25, 0.3) is 22.1 Å². The third kappa shape index (κ3) is 0.705. The van der Waals surface area contributed by atoms with Crippen molar-refractivity contribution in [3.05, 3.63) is 12.1 Å². The van der Waals surface area contributed by atoms with Crippen LogP contribution in [0.15, 0.2) is 6.07 Å². The summed E-state index contributed by atoms with van der Waals surface area (Å²) >= 11 is 2.36. The van der Waals surface area contributed by atoms with Gasteiger partial charge in [-0.25, -0.2) is 0 Å². The van der Waals surface area contributed by atoms with Crippen LogP contribution in [-0.2, 0) is 0 Å². The fraction of sp³-hybridized carbons (Fsp3) is 0. The first-order chi connectivity index (χ1) is 5.95. The molecule has 2 aromatic heterocycles. The van der Waals surface area contributed by atoms with E-state index in [0.717, 1.165) is 22.1 Å². The van der Waals surface area contributed by atoms with E-state index in [4.69, 9.17) is 0 Å². The van der Waals surface area contributed by atoms with Gasteiger partial charge in [0.05, 0.1) is 23.5 Å². The standard InChI is InChI=1S/C6HN4S2/c1-2-4-6(10-12-8-4)5-3(1)7-11-9-5/h1H. The van der Waals surface area contributed by atoms with Crippen LogP contribution in [-0.4, -0.2) is 17.5 Å². The van der Waals surface area contributed by atoms with Gasteiger partial charge in [0, 0.05) is 6.07 Å². The summed E-state index contributed by atoms with van der Waals surface area (Å²) in [4.78, 5) is 0. The second-order valence-electron chi connectivity index (χ2n) is 2.25. The Hall–Kier alpha value is -1.14. The summed E-state index contributed by atoms with van der Waals surface area (Å²) in [7, 11) is 0. The highest BCUT2D eigenvalue weighted by atomic mass is 32.1. The lowest BCUT2D eigenvalue weighted by molar-refractivity contribution is 1.61. The molecule has 0 atom stereocenters. The van der Waals surface area contributed by atoms with Crippen molar-refractivity contribution in [2.45, 2.75) is 0 Å². The second kappa shape index (κ2) is 2.18. The molecule has 1 aromatic carbocycles. The molecule has 12 heavy (non-hydrogen) atoms. The molecular formula is C6HN4S2. The van der Waals surface area contributed by atoms with E-state index < -0.39 is 0 Å². The number of nitrogens with zero attached hydrogens (tertiary/aromatic N) is 4. The molecule has 2 heterocycles. The minimum absolute atomic E-state index is 0.778. The Labute approximate surface area is 75.5 Å². The van der Waals surface area contributed by atoms with Gasteiger partial charge < -0.3 is 0 Å². The summed E-state index contributed by atoms with van der Waals surface area (Å²) in [6.07, 6.45) is 0. The molecule has 3 aromatic rings. The largest absolute Gasteiger partial charge is 0.173 e. The van der Waals surface area contributed by atoms with E-state index >= 15 is 0 Å². The Morgan fingerprint density at radius 2 is 1.83 bits per heavy atom. The monoisotopic (exact) mass is 193 g/mol. The van der Waals surface area contributed by atoms with Gasteiger partial charge in [-0.1, -0.05) is 0 Å². The van der Waals surface area contributed by atoms with E-state index in [-0.39, 0.29) is 0 Å². The summed E-state index contributed by atoms with van der Waals surface area (Å²) in [6.45, 7) is 0. The topological polar surface area (TPSA) is 51.6 Å². The van der Waals surface area contributed by atoms with Gasteiger partial charge in [0.15, 0.2) is 0 Å². The lowest BCUT2D eigenvalue weighted by Crippen LogP contribution is -1.73. The fourth-order valence-electron chi connectivity index (χ4n) is 1.03. The van der Waals surface area contributed by atoms with Gasteiger partial charge in [0.25, 0.3) is 0 Å². The van der Waals surface area contributed by atoms with Crippen LogP contribution in [0.5, 0.6) is 0 Å². The number of aromatic nitrogens is 4. The average Bonchev–Trinajstić information content (AvgIpc) is 2.71. The van der Waals surface area contributed by atoms with Crippen LogP contribution in [0.3, 0.4) is 0 Å². The first-order valence-electron chi connectivity index (χ1n) is 3.20. The minimum Gasteiger partial charge on any atom is -0.173 e. The number of fused-ring (bicyclic) bond motifs is 3. The smallest absolute Gasteiger partial charge is 0.134 e. The predicted molar refractivity (Wildman–Crippen MR) is 47.2 cm³/mol. The number of rotatable bonds is 0. The zero-order valence-electron chi connectivity index (χ0n) is 5.68. The molecule has 0 saturated heterocycles. The zero-order valence-corrected chi connectivity index (χ0v) is 7.32. The van der Waals surface area contributed by atoms with Crippen molar-refractivity contribution >= 4 is 45.5 Å². The van der Waals surface area contributed by atoms with E-state index in [1.165, 1.54) is 23.5 Å². The molecule has 0 amide bonds. The summed E-state index contributed by atoms with van der Waals surface area (Å²) in [5.74, 6) is 0. The molecule has 0 aliphatic heterocycles. The molecule has 0 saturated carbocycles. The predicted octanol–water partition coefficient (Wildman–Crippen LogP) is 1.50. The minimum atomic E-state index is 0.778. The van der Waals surface area contributed by atoms with Crippen molar-refractivity contribution < 1.29 is 0 Å². The van der Waals surface area contributed by atoms with Gasteiger partial charge in [-0.3, -0.25) is 0 Å². The first kappa shape index (κ1) is 6.38. The fourth-order valence-corrected chi connectivity index (χ4v) is 2.08. The van der Waals surface area contributed by atoms with Gasteiger partial charge in [-0.05, 0) is 6.07 Å². The summed E-state index contributed by atoms with van der Waals surface area (Å²) in [6, 6.07) is 4.80. The number of hydrogen-bond acceptors (Lipinski definition) is 6. The maximum absolute atomic E-state index is 4.13. The highest BCUT2D eigenvalue weighted by Gasteiger charge is 2.06. The molecule has 1 radical (unpaired) electrons. The van der Waals surface area contributed by atoms with Gasteiger partial charge >= 0.3 is 0 Å². The lowest BCUT2D eigenvalue weighted by atomic mass is 10.3. The average molecular weight is 193 g/mol. The van der Waals surface area contributed by atoms with Crippen LogP contribution < -0.4 is 0 Å². The van der Waals surface area contributed by atoms with Crippen molar-refractivity contribution in [3.8, 4) is 0 Å². The molecule has 6 heteroatoms. The molecule has 0 aliphatic rings. The molecule has 0 spiro atoms. The zero-order chi connectivity index (χ0) is 7.97. The number of benzene rings is 1. The van der Waals surface area contributed by atoms with Crippen molar-refractivity contribution in [2.75, 3.05) is 0 Å². The van der Waals surface area contributed by atoms with Crippen LogP contribution in [0.1, 0.15) is 0 Å². The highest BCUT2D eigenvalue weighted by Crippen LogP contribution is 2.20. The molecular weight excluding hydrogens is 192 g/mol. The van der Waals surface area contributed by atoms with Gasteiger partial charge in [-0.2, -0.15) is 17.5 Å². The maximum Gasteiger partial charge on any atom is 0.134 e.